The Morgan fingerprint density at radius 3 is 3.14 bits per heavy atom. The molecule has 1 aliphatic heterocycles. The summed E-state index contributed by atoms with van der Waals surface area (Å²) in [6, 6.07) is 4.02. The minimum absolute atomic E-state index is 0.574. The van der Waals surface area contributed by atoms with Gasteiger partial charge in [0.25, 0.3) is 0 Å². The number of hydrogen-bond acceptors (Lipinski definition) is 3. The maximum Gasteiger partial charge on any atom is 0.117 e. The van der Waals surface area contributed by atoms with Crippen LogP contribution in [0.1, 0.15) is 49.6 Å². The van der Waals surface area contributed by atoms with Gasteiger partial charge in [-0.05, 0) is 49.4 Å². The van der Waals surface area contributed by atoms with Gasteiger partial charge >= 0.3 is 0 Å². The van der Waals surface area contributed by atoms with Crippen LogP contribution in [-0.4, -0.2) is 28.2 Å². The van der Waals surface area contributed by atoms with Gasteiger partial charge in [0.15, 0.2) is 0 Å². The normalized spacial score (nSPS) is 20.2. The Kier molecular flexibility index (Phi) is 4.44. The van der Waals surface area contributed by atoms with Crippen LogP contribution in [0.15, 0.2) is 29.0 Å². The average Bonchev–Trinajstić information content (AvgIpc) is 3.10. The Morgan fingerprint density at radius 1 is 1.48 bits per heavy atom. The molecule has 0 saturated carbocycles. The Bertz CT molecular complexity index is 544. The van der Waals surface area contributed by atoms with Crippen LogP contribution in [0.2, 0.25) is 0 Å². The maximum absolute atomic E-state index is 5.48. The summed E-state index contributed by atoms with van der Waals surface area (Å²) in [6.07, 6.45) is 7.38. The fraction of sp³-hybridized carbons (Fsp3) is 0.588. The van der Waals surface area contributed by atoms with E-state index in [1.165, 1.54) is 24.1 Å². The molecule has 1 N–H and O–H groups in total. The predicted molar refractivity (Wildman–Crippen MR) is 83.1 cm³/mol. The Balaban J connectivity index is 1.67. The van der Waals surface area contributed by atoms with E-state index in [-0.39, 0.29) is 0 Å². The summed E-state index contributed by atoms with van der Waals surface area (Å²) in [7, 11) is 0. The summed E-state index contributed by atoms with van der Waals surface area (Å²) >= 11 is 0. The molecule has 1 saturated heterocycles. The molecule has 0 amide bonds. The molecule has 1 aliphatic rings. The highest BCUT2D eigenvalue weighted by Gasteiger charge is 2.25. The first-order valence-corrected chi connectivity index (χ1v) is 7.99. The van der Waals surface area contributed by atoms with Gasteiger partial charge in [-0.1, -0.05) is 13.8 Å². The maximum atomic E-state index is 5.48. The molecule has 0 radical (unpaired) electrons. The van der Waals surface area contributed by atoms with Crippen LogP contribution in [-0.2, 0) is 13.0 Å². The lowest BCUT2D eigenvalue weighted by atomic mass is 9.90. The number of piperidine rings is 1. The molecule has 4 heteroatoms. The number of aromatic amines is 1. The third-order valence-electron chi connectivity index (χ3n) is 4.25. The number of hydrogen-bond donors (Lipinski definition) is 1. The summed E-state index contributed by atoms with van der Waals surface area (Å²) in [5, 5.41) is 7.55. The minimum Gasteiger partial charge on any atom is -0.468 e. The van der Waals surface area contributed by atoms with Crippen LogP contribution in [0.4, 0.5) is 0 Å². The van der Waals surface area contributed by atoms with E-state index in [1.54, 1.807) is 6.26 Å². The molecule has 21 heavy (non-hydrogen) atoms. The first-order valence-electron chi connectivity index (χ1n) is 7.99. The molecule has 4 nitrogen and oxygen atoms in total. The fourth-order valence-electron chi connectivity index (χ4n) is 3.33. The Morgan fingerprint density at radius 2 is 2.38 bits per heavy atom. The third-order valence-corrected chi connectivity index (χ3v) is 4.25. The number of rotatable bonds is 5. The standard InChI is InChI=1S/C17H25N3O/c1-13(2)9-15-10-18-19-17(15)14-5-3-7-20(11-14)12-16-6-4-8-21-16/h4,6,8,10,13-14H,3,5,7,9,11-12H2,1-2H3,(H,18,19). The quantitative estimate of drug-likeness (QED) is 0.914. The zero-order valence-electron chi connectivity index (χ0n) is 13.0. The molecule has 114 valence electrons. The first-order chi connectivity index (χ1) is 10.2. The van der Waals surface area contributed by atoms with Crippen molar-refractivity contribution in [1.29, 1.82) is 0 Å². The van der Waals surface area contributed by atoms with Crippen molar-refractivity contribution in [2.24, 2.45) is 5.92 Å². The van der Waals surface area contributed by atoms with Crippen molar-refractivity contribution in [2.75, 3.05) is 13.1 Å². The second kappa shape index (κ2) is 6.48. The van der Waals surface area contributed by atoms with E-state index >= 15 is 0 Å². The summed E-state index contributed by atoms with van der Waals surface area (Å²) < 4.78 is 5.48. The molecular formula is C17H25N3O. The molecule has 3 rings (SSSR count). The molecule has 0 spiro atoms. The van der Waals surface area contributed by atoms with Crippen molar-refractivity contribution in [1.82, 2.24) is 15.1 Å². The lowest BCUT2D eigenvalue weighted by Crippen LogP contribution is -2.34. The molecule has 0 aromatic carbocycles. The second-order valence-corrected chi connectivity index (χ2v) is 6.56. The van der Waals surface area contributed by atoms with Gasteiger partial charge < -0.3 is 4.42 Å². The zero-order valence-corrected chi connectivity index (χ0v) is 13.0. The number of nitrogens with one attached hydrogen (secondary N) is 1. The van der Waals surface area contributed by atoms with Crippen LogP contribution >= 0.6 is 0 Å². The molecule has 0 aliphatic carbocycles. The number of H-pyrrole nitrogens is 1. The SMILES string of the molecule is CC(C)Cc1cn[nH]c1C1CCCN(Cc2ccco2)C1. The van der Waals surface area contributed by atoms with Crippen molar-refractivity contribution in [3.63, 3.8) is 0 Å². The van der Waals surface area contributed by atoms with Gasteiger partial charge in [-0.25, -0.2) is 0 Å². The largest absolute Gasteiger partial charge is 0.468 e. The van der Waals surface area contributed by atoms with Crippen molar-refractivity contribution in [3.05, 3.63) is 41.6 Å². The van der Waals surface area contributed by atoms with Crippen LogP contribution in [0.5, 0.6) is 0 Å². The molecule has 1 unspecified atom stereocenters. The molecule has 0 bridgehead atoms. The van der Waals surface area contributed by atoms with Gasteiger partial charge in [-0.15, -0.1) is 0 Å². The van der Waals surface area contributed by atoms with E-state index in [9.17, 15) is 0 Å². The summed E-state index contributed by atoms with van der Waals surface area (Å²) in [5.74, 6) is 2.30. The predicted octanol–water partition coefficient (Wildman–Crippen LogP) is 3.58. The second-order valence-electron chi connectivity index (χ2n) is 6.56. The van der Waals surface area contributed by atoms with Crippen LogP contribution in [0.25, 0.3) is 0 Å². The fourth-order valence-corrected chi connectivity index (χ4v) is 3.33. The molecule has 1 fully saturated rings. The van der Waals surface area contributed by atoms with Crippen molar-refractivity contribution in [3.8, 4) is 0 Å². The molecule has 2 aromatic heterocycles. The average molecular weight is 287 g/mol. The van der Waals surface area contributed by atoms with Crippen molar-refractivity contribution in [2.45, 2.75) is 45.6 Å². The topological polar surface area (TPSA) is 45.1 Å². The highest BCUT2D eigenvalue weighted by atomic mass is 16.3. The zero-order chi connectivity index (χ0) is 14.7. The van der Waals surface area contributed by atoms with Crippen LogP contribution in [0, 0.1) is 5.92 Å². The number of likely N-dealkylation sites (tertiary alicyclic amines) is 1. The van der Waals surface area contributed by atoms with Crippen LogP contribution < -0.4 is 0 Å². The van der Waals surface area contributed by atoms with Gasteiger partial charge in [0, 0.05) is 18.2 Å². The first kappa shape index (κ1) is 14.4. The van der Waals surface area contributed by atoms with E-state index in [1.807, 2.05) is 12.3 Å². The van der Waals surface area contributed by atoms with Crippen LogP contribution in [0.3, 0.4) is 0 Å². The summed E-state index contributed by atoms with van der Waals surface area (Å²) in [5.41, 5.74) is 2.75. The van der Waals surface area contributed by atoms with E-state index in [0.29, 0.717) is 11.8 Å². The number of nitrogens with zero attached hydrogens (tertiary/aromatic N) is 2. The molecule has 1 atom stereocenters. The minimum atomic E-state index is 0.574. The summed E-state index contributed by atoms with van der Waals surface area (Å²) in [6.45, 7) is 7.69. The van der Waals surface area contributed by atoms with Gasteiger partial charge in [0.2, 0.25) is 0 Å². The van der Waals surface area contributed by atoms with E-state index in [2.05, 4.69) is 35.0 Å². The lowest BCUT2D eigenvalue weighted by Gasteiger charge is -2.32. The Hall–Kier alpha value is -1.55. The van der Waals surface area contributed by atoms with Gasteiger partial charge in [-0.3, -0.25) is 10.00 Å². The monoisotopic (exact) mass is 287 g/mol. The number of furan rings is 1. The van der Waals surface area contributed by atoms with Crippen molar-refractivity contribution >= 4 is 0 Å². The van der Waals surface area contributed by atoms with Crippen molar-refractivity contribution < 1.29 is 4.42 Å². The Labute approximate surface area is 126 Å². The van der Waals surface area contributed by atoms with Gasteiger partial charge in [0.1, 0.15) is 5.76 Å². The van der Waals surface area contributed by atoms with E-state index in [4.69, 9.17) is 4.42 Å². The van der Waals surface area contributed by atoms with E-state index in [0.717, 1.165) is 31.8 Å². The molecule has 2 aromatic rings. The molecular weight excluding hydrogens is 262 g/mol. The highest BCUT2D eigenvalue weighted by molar-refractivity contribution is 5.22. The summed E-state index contributed by atoms with van der Waals surface area (Å²) in [4.78, 5) is 2.49. The smallest absolute Gasteiger partial charge is 0.117 e. The molecule has 3 heterocycles. The third kappa shape index (κ3) is 3.56. The lowest BCUT2D eigenvalue weighted by molar-refractivity contribution is 0.185. The highest BCUT2D eigenvalue weighted by Crippen LogP contribution is 2.29. The van der Waals surface area contributed by atoms with Gasteiger partial charge in [0.05, 0.1) is 19.0 Å². The van der Waals surface area contributed by atoms with Gasteiger partial charge in [-0.2, -0.15) is 5.10 Å². The number of aromatic nitrogens is 2. The van der Waals surface area contributed by atoms with E-state index < -0.39 is 0 Å².